The van der Waals surface area contributed by atoms with Crippen molar-refractivity contribution < 1.29 is 4.79 Å². The number of carbonyl (C=O) groups excluding carboxylic acids is 1. The van der Waals surface area contributed by atoms with Gasteiger partial charge in [-0.1, -0.05) is 6.07 Å². The number of hydrogen-bond acceptors (Lipinski definition) is 6. The largest absolute Gasteiger partial charge is 0.354 e. The molecule has 0 unspecified atom stereocenters. The topological polar surface area (TPSA) is 82.8 Å². The fourth-order valence-electron chi connectivity index (χ4n) is 3.22. The quantitative estimate of drug-likeness (QED) is 0.742. The Morgan fingerprint density at radius 3 is 2.54 bits per heavy atom. The van der Waals surface area contributed by atoms with E-state index in [0.29, 0.717) is 11.3 Å². The Bertz CT molecular complexity index is 1070. The van der Waals surface area contributed by atoms with Crippen molar-refractivity contribution in [3.63, 3.8) is 0 Å². The number of anilines is 2. The highest BCUT2D eigenvalue weighted by atomic mass is 16.2. The fourth-order valence-corrected chi connectivity index (χ4v) is 3.22. The number of aryl methyl sites for hydroxylation is 1. The molecule has 144 valence electrons. The molecule has 8 nitrogen and oxygen atoms in total. The van der Waals surface area contributed by atoms with Crippen molar-refractivity contribution in [2.45, 2.75) is 6.92 Å². The molecule has 1 fully saturated rings. The average Bonchev–Trinajstić information content (AvgIpc) is 2.70. The van der Waals surface area contributed by atoms with Crippen LogP contribution < -0.4 is 15.8 Å². The van der Waals surface area contributed by atoms with Gasteiger partial charge < -0.3 is 15.1 Å². The zero-order chi connectivity index (χ0) is 19.7. The maximum atomic E-state index is 12.6. The highest BCUT2D eigenvalue weighted by molar-refractivity contribution is 6.03. The molecule has 0 spiro atoms. The number of aromatic nitrogens is 3. The highest BCUT2D eigenvalue weighted by Gasteiger charge is 2.16. The Balaban J connectivity index is 1.51. The van der Waals surface area contributed by atoms with Gasteiger partial charge in [-0.2, -0.15) is 0 Å². The van der Waals surface area contributed by atoms with Crippen LogP contribution in [0.3, 0.4) is 0 Å². The molecule has 1 saturated heterocycles. The molecule has 3 aromatic rings. The summed E-state index contributed by atoms with van der Waals surface area (Å²) in [7, 11) is 2.11. The Labute approximate surface area is 162 Å². The first-order valence-corrected chi connectivity index (χ1v) is 9.20. The van der Waals surface area contributed by atoms with Crippen molar-refractivity contribution in [1.29, 1.82) is 0 Å². The van der Waals surface area contributed by atoms with Crippen molar-refractivity contribution in [3.8, 4) is 0 Å². The third-order valence-electron chi connectivity index (χ3n) is 4.93. The summed E-state index contributed by atoms with van der Waals surface area (Å²) >= 11 is 0. The summed E-state index contributed by atoms with van der Waals surface area (Å²) in [5.41, 5.74) is 1.55. The summed E-state index contributed by atoms with van der Waals surface area (Å²) < 4.78 is 1.39. The van der Waals surface area contributed by atoms with Gasteiger partial charge in [0, 0.05) is 38.6 Å². The first-order valence-electron chi connectivity index (χ1n) is 9.20. The van der Waals surface area contributed by atoms with Crippen molar-refractivity contribution in [1.82, 2.24) is 19.3 Å². The van der Waals surface area contributed by atoms with E-state index in [4.69, 9.17) is 0 Å². The smallest absolute Gasteiger partial charge is 0.270 e. The summed E-state index contributed by atoms with van der Waals surface area (Å²) in [6.07, 6.45) is 4.60. The number of piperazine rings is 1. The minimum atomic E-state index is -0.498. The summed E-state index contributed by atoms with van der Waals surface area (Å²) in [6.45, 7) is 5.73. The van der Waals surface area contributed by atoms with Gasteiger partial charge in [0.05, 0.1) is 11.9 Å². The van der Waals surface area contributed by atoms with Crippen molar-refractivity contribution >= 4 is 23.1 Å². The Kier molecular flexibility index (Phi) is 4.79. The molecule has 0 atom stereocenters. The number of rotatable bonds is 3. The van der Waals surface area contributed by atoms with E-state index < -0.39 is 11.5 Å². The maximum Gasteiger partial charge on any atom is 0.270 e. The summed E-state index contributed by atoms with van der Waals surface area (Å²) in [4.78, 5) is 38.4. The van der Waals surface area contributed by atoms with Crippen LogP contribution in [0.2, 0.25) is 0 Å². The van der Waals surface area contributed by atoms with E-state index in [1.807, 2.05) is 19.1 Å². The van der Waals surface area contributed by atoms with Crippen LogP contribution in [0.4, 0.5) is 11.5 Å². The van der Waals surface area contributed by atoms with Gasteiger partial charge in [0.1, 0.15) is 17.0 Å². The standard InChI is InChI=1S/C20H22N6O2/c1-14-3-5-18-22-12-16(20(28)26(18)13-14)19(27)23-15-4-6-17(21-11-15)25-9-7-24(2)8-10-25/h3-6,11-13H,7-10H2,1-2H3,(H,23,27). The molecule has 1 amide bonds. The van der Waals surface area contributed by atoms with Crippen molar-refractivity contribution in [2.75, 3.05) is 43.4 Å². The number of likely N-dealkylation sites (N-methyl/N-ethyl adjacent to an activating group) is 1. The van der Waals surface area contributed by atoms with E-state index in [1.165, 1.54) is 10.6 Å². The molecule has 0 saturated carbocycles. The first-order chi connectivity index (χ1) is 13.5. The predicted molar refractivity (Wildman–Crippen MR) is 108 cm³/mol. The van der Waals surface area contributed by atoms with E-state index >= 15 is 0 Å². The lowest BCUT2D eigenvalue weighted by Gasteiger charge is -2.33. The number of nitrogens with one attached hydrogen (secondary N) is 1. The maximum absolute atomic E-state index is 12.6. The molecular formula is C20H22N6O2. The number of carbonyl (C=O) groups is 1. The van der Waals surface area contributed by atoms with E-state index in [0.717, 1.165) is 37.6 Å². The molecule has 0 radical (unpaired) electrons. The lowest BCUT2D eigenvalue weighted by molar-refractivity contribution is 0.102. The van der Waals surface area contributed by atoms with E-state index in [-0.39, 0.29) is 5.56 Å². The molecule has 4 heterocycles. The van der Waals surface area contributed by atoms with Crippen LogP contribution in [0.15, 0.2) is 47.7 Å². The molecule has 0 aliphatic carbocycles. The third-order valence-corrected chi connectivity index (χ3v) is 4.93. The van der Waals surface area contributed by atoms with Crippen LogP contribution >= 0.6 is 0 Å². The lowest BCUT2D eigenvalue weighted by atomic mass is 10.2. The number of nitrogens with zero attached hydrogens (tertiary/aromatic N) is 5. The molecule has 8 heteroatoms. The Morgan fingerprint density at radius 1 is 1.04 bits per heavy atom. The van der Waals surface area contributed by atoms with Crippen molar-refractivity contribution in [3.05, 3.63) is 64.3 Å². The monoisotopic (exact) mass is 378 g/mol. The van der Waals surface area contributed by atoms with Gasteiger partial charge in [-0.15, -0.1) is 0 Å². The second-order valence-electron chi connectivity index (χ2n) is 7.06. The van der Waals surface area contributed by atoms with Gasteiger partial charge in [-0.3, -0.25) is 14.0 Å². The van der Waals surface area contributed by atoms with Gasteiger partial charge in [0.2, 0.25) is 0 Å². The molecule has 1 aliphatic heterocycles. The van der Waals surface area contributed by atoms with E-state index in [9.17, 15) is 9.59 Å². The zero-order valence-corrected chi connectivity index (χ0v) is 15.9. The number of pyridine rings is 2. The first kappa shape index (κ1) is 18.1. The van der Waals surface area contributed by atoms with Gasteiger partial charge in [-0.05, 0) is 37.7 Å². The molecule has 28 heavy (non-hydrogen) atoms. The second kappa shape index (κ2) is 7.40. The Morgan fingerprint density at radius 2 is 1.82 bits per heavy atom. The molecule has 1 N–H and O–H groups in total. The van der Waals surface area contributed by atoms with E-state index in [2.05, 4.69) is 32.1 Å². The number of fused-ring (bicyclic) bond motifs is 1. The fraction of sp³-hybridized carbons (Fsp3) is 0.300. The van der Waals surface area contributed by atoms with Crippen molar-refractivity contribution in [2.24, 2.45) is 0 Å². The van der Waals surface area contributed by atoms with Gasteiger partial charge in [0.25, 0.3) is 11.5 Å². The SMILES string of the molecule is Cc1ccc2ncc(C(=O)Nc3ccc(N4CCN(C)CC4)nc3)c(=O)n2c1. The van der Waals surface area contributed by atoms with Crippen LogP contribution in [0, 0.1) is 6.92 Å². The molecule has 0 bridgehead atoms. The number of amides is 1. The molecular weight excluding hydrogens is 356 g/mol. The van der Waals surface area contributed by atoms with Crippen LogP contribution in [0.25, 0.3) is 5.65 Å². The van der Waals surface area contributed by atoms with E-state index in [1.54, 1.807) is 24.5 Å². The van der Waals surface area contributed by atoms with Gasteiger partial charge in [0.15, 0.2) is 0 Å². The molecule has 3 aromatic heterocycles. The Hall–Kier alpha value is -3.26. The average molecular weight is 378 g/mol. The van der Waals surface area contributed by atoms with Crippen LogP contribution in [0.5, 0.6) is 0 Å². The summed E-state index contributed by atoms with van der Waals surface area (Å²) in [6, 6.07) is 7.30. The van der Waals surface area contributed by atoms with Crippen LogP contribution in [-0.4, -0.2) is 58.4 Å². The molecule has 4 rings (SSSR count). The van der Waals surface area contributed by atoms with Crippen LogP contribution in [-0.2, 0) is 0 Å². The predicted octanol–water partition coefficient (Wildman–Crippen LogP) is 1.40. The van der Waals surface area contributed by atoms with Crippen LogP contribution in [0.1, 0.15) is 15.9 Å². The summed E-state index contributed by atoms with van der Waals surface area (Å²) in [5, 5.41) is 2.73. The molecule has 1 aliphatic rings. The molecule has 0 aromatic carbocycles. The highest BCUT2D eigenvalue weighted by Crippen LogP contribution is 2.16. The van der Waals surface area contributed by atoms with Gasteiger partial charge in [-0.25, -0.2) is 9.97 Å². The minimum absolute atomic E-state index is 0.00811. The zero-order valence-electron chi connectivity index (χ0n) is 15.9. The minimum Gasteiger partial charge on any atom is -0.354 e. The normalized spacial score (nSPS) is 15.0. The number of hydrogen-bond donors (Lipinski definition) is 1. The van der Waals surface area contributed by atoms with Gasteiger partial charge >= 0.3 is 0 Å². The summed E-state index contributed by atoms with van der Waals surface area (Å²) in [5.74, 6) is 0.386. The lowest BCUT2D eigenvalue weighted by Crippen LogP contribution is -2.44. The second-order valence-corrected chi connectivity index (χ2v) is 7.06. The third kappa shape index (κ3) is 3.59.